The van der Waals surface area contributed by atoms with Gasteiger partial charge in [-0.15, -0.1) is 11.3 Å². The third-order valence-electron chi connectivity index (χ3n) is 4.19. The van der Waals surface area contributed by atoms with Crippen molar-refractivity contribution >= 4 is 11.3 Å². The van der Waals surface area contributed by atoms with Crippen molar-refractivity contribution in [1.82, 2.24) is 10.3 Å². The van der Waals surface area contributed by atoms with Gasteiger partial charge in [-0.1, -0.05) is 12.1 Å². The summed E-state index contributed by atoms with van der Waals surface area (Å²) in [6, 6.07) is 6.89. The molecule has 1 N–H and O–H groups in total. The molecule has 3 nitrogen and oxygen atoms in total. The van der Waals surface area contributed by atoms with Crippen LogP contribution in [0.1, 0.15) is 29.0 Å². The molecule has 3 rings (SSSR count). The second kappa shape index (κ2) is 7.86. The molecule has 0 saturated carbocycles. The lowest BCUT2D eigenvalue weighted by Crippen LogP contribution is -2.21. The maximum atomic E-state index is 5.03. The van der Waals surface area contributed by atoms with Crippen LogP contribution in [0.3, 0.4) is 0 Å². The minimum absolute atomic E-state index is 0.762. The standard InChI is InChI=1S/C18H24N2OS/c1-21-11-10-19-9-8-18-20-17(13-22-18)16-7-6-14-4-2-3-5-15(14)12-16/h6-7,12-13,19H,2-5,8-11H2,1H3. The Morgan fingerprint density at radius 1 is 1.18 bits per heavy atom. The highest BCUT2D eigenvalue weighted by molar-refractivity contribution is 7.09. The first-order chi connectivity index (χ1) is 10.9. The van der Waals surface area contributed by atoms with Crippen LogP contribution in [-0.2, 0) is 24.0 Å². The van der Waals surface area contributed by atoms with Crippen LogP contribution in [0, 0.1) is 0 Å². The highest BCUT2D eigenvalue weighted by Crippen LogP contribution is 2.28. The van der Waals surface area contributed by atoms with E-state index in [9.17, 15) is 0 Å². The predicted octanol–water partition coefficient (Wildman–Crippen LogP) is 3.47. The second-order valence-electron chi connectivity index (χ2n) is 5.81. The highest BCUT2D eigenvalue weighted by atomic mass is 32.1. The molecule has 22 heavy (non-hydrogen) atoms. The zero-order chi connectivity index (χ0) is 15.2. The average molecular weight is 316 g/mol. The van der Waals surface area contributed by atoms with Crippen molar-refractivity contribution in [3.63, 3.8) is 0 Å². The zero-order valence-electron chi connectivity index (χ0n) is 13.2. The van der Waals surface area contributed by atoms with E-state index in [1.807, 2.05) is 0 Å². The summed E-state index contributed by atoms with van der Waals surface area (Å²) in [6.45, 7) is 2.62. The first-order valence-corrected chi connectivity index (χ1v) is 9.01. The fourth-order valence-corrected chi connectivity index (χ4v) is 3.75. The van der Waals surface area contributed by atoms with E-state index in [-0.39, 0.29) is 0 Å². The Morgan fingerprint density at radius 2 is 2.05 bits per heavy atom. The zero-order valence-corrected chi connectivity index (χ0v) is 14.0. The van der Waals surface area contributed by atoms with Gasteiger partial charge in [-0.05, 0) is 42.9 Å². The number of aryl methyl sites for hydroxylation is 2. The number of hydrogen-bond donors (Lipinski definition) is 1. The van der Waals surface area contributed by atoms with Gasteiger partial charge in [0.2, 0.25) is 0 Å². The van der Waals surface area contributed by atoms with Gasteiger partial charge in [0.05, 0.1) is 17.3 Å². The molecule has 1 heterocycles. The Kier molecular flexibility index (Phi) is 5.59. The molecule has 2 aromatic rings. The summed E-state index contributed by atoms with van der Waals surface area (Å²) in [5, 5.41) is 6.76. The van der Waals surface area contributed by atoms with Gasteiger partial charge >= 0.3 is 0 Å². The SMILES string of the molecule is COCCNCCc1nc(-c2ccc3c(c2)CCCC3)cs1. The van der Waals surface area contributed by atoms with Gasteiger partial charge in [0.15, 0.2) is 0 Å². The van der Waals surface area contributed by atoms with Gasteiger partial charge in [-0.25, -0.2) is 4.98 Å². The Morgan fingerprint density at radius 3 is 2.91 bits per heavy atom. The van der Waals surface area contributed by atoms with Crippen LogP contribution in [-0.4, -0.2) is 31.8 Å². The number of fused-ring (bicyclic) bond motifs is 1. The first-order valence-electron chi connectivity index (χ1n) is 8.13. The number of benzene rings is 1. The van der Waals surface area contributed by atoms with E-state index in [0.717, 1.165) is 31.8 Å². The van der Waals surface area contributed by atoms with Gasteiger partial charge in [-0.3, -0.25) is 0 Å². The van der Waals surface area contributed by atoms with Crippen LogP contribution in [0.2, 0.25) is 0 Å². The van der Waals surface area contributed by atoms with E-state index in [4.69, 9.17) is 9.72 Å². The van der Waals surface area contributed by atoms with E-state index in [0.29, 0.717) is 0 Å². The molecular formula is C18H24N2OS. The molecule has 1 aromatic carbocycles. The quantitative estimate of drug-likeness (QED) is 0.794. The molecule has 0 spiro atoms. The third-order valence-corrected chi connectivity index (χ3v) is 5.10. The average Bonchev–Trinajstić information content (AvgIpc) is 3.03. The van der Waals surface area contributed by atoms with Crippen LogP contribution in [0.4, 0.5) is 0 Å². The minimum atomic E-state index is 0.762. The number of methoxy groups -OCH3 is 1. The van der Waals surface area contributed by atoms with Crippen molar-refractivity contribution in [3.05, 3.63) is 39.7 Å². The maximum absolute atomic E-state index is 5.03. The molecule has 118 valence electrons. The number of nitrogens with one attached hydrogen (secondary N) is 1. The fraction of sp³-hybridized carbons (Fsp3) is 0.500. The lowest BCUT2D eigenvalue weighted by atomic mass is 9.90. The number of hydrogen-bond acceptors (Lipinski definition) is 4. The molecule has 0 atom stereocenters. The third kappa shape index (κ3) is 3.94. The maximum Gasteiger partial charge on any atom is 0.0945 e. The largest absolute Gasteiger partial charge is 0.383 e. The minimum Gasteiger partial charge on any atom is -0.383 e. The van der Waals surface area contributed by atoms with Gasteiger partial charge in [-0.2, -0.15) is 0 Å². The van der Waals surface area contributed by atoms with E-state index in [1.54, 1.807) is 18.4 Å². The van der Waals surface area contributed by atoms with E-state index in [1.165, 1.54) is 47.4 Å². The Labute approximate surface area is 136 Å². The van der Waals surface area contributed by atoms with Crippen LogP contribution >= 0.6 is 11.3 Å². The van der Waals surface area contributed by atoms with Crippen molar-refractivity contribution in [2.24, 2.45) is 0 Å². The molecule has 1 aromatic heterocycles. The summed E-state index contributed by atoms with van der Waals surface area (Å²) in [5.74, 6) is 0. The Hall–Kier alpha value is -1.23. The molecule has 0 bridgehead atoms. The van der Waals surface area contributed by atoms with Gasteiger partial charge < -0.3 is 10.1 Å². The van der Waals surface area contributed by atoms with Crippen molar-refractivity contribution in [2.75, 3.05) is 26.8 Å². The molecule has 0 radical (unpaired) electrons. The van der Waals surface area contributed by atoms with Gasteiger partial charge in [0, 0.05) is 37.6 Å². The molecular weight excluding hydrogens is 292 g/mol. The summed E-state index contributed by atoms with van der Waals surface area (Å²) < 4.78 is 5.03. The van der Waals surface area contributed by atoms with Crippen LogP contribution < -0.4 is 5.32 Å². The van der Waals surface area contributed by atoms with E-state index >= 15 is 0 Å². The van der Waals surface area contributed by atoms with Crippen LogP contribution in [0.5, 0.6) is 0 Å². The fourth-order valence-electron chi connectivity index (χ4n) is 2.95. The summed E-state index contributed by atoms with van der Waals surface area (Å²) in [7, 11) is 1.73. The Balaban J connectivity index is 1.61. The molecule has 0 aliphatic heterocycles. The highest BCUT2D eigenvalue weighted by Gasteiger charge is 2.11. The smallest absolute Gasteiger partial charge is 0.0945 e. The monoisotopic (exact) mass is 316 g/mol. The Bertz CT molecular complexity index is 609. The number of ether oxygens (including phenoxy) is 1. The molecule has 0 amide bonds. The van der Waals surface area contributed by atoms with Crippen molar-refractivity contribution in [2.45, 2.75) is 32.1 Å². The number of nitrogens with zero attached hydrogens (tertiary/aromatic N) is 1. The number of thiazole rings is 1. The van der Waals surface area contributed by atoms with Gasteiger partial charge in [0.25, 0.3) is 0 Å². The van der Waals surface area contributed by atoms with Crippen LogP contribution in [0.25, 0.3) is 11.3 Å². The summed E-state index contributed by atoms with van der Waals surface area (Å²) in [5.41, 5.74) is 5.47. The van der Waals surface area contributed by atoms with E-state index in [2.05, 4.69) is 28.9 Å². The lowest BCUT2D eigenvalue weighted by Gasteiger charge is -2.16. The van der Waals surface area contributed by atoms with Crippen molar-refractivity contribution < 1.29 is 4.74 Å². The first kappa shape index (κ1) is 15.7. The molecule has 0 fully saturated rings. The topological polar surface area (TPSA) is 34.1 Å². The van der Waals surface area contributed by atoms with Crippen molar-refractivity contribution in [1.29, 1.82) is 0 Å². The number of rotatable bonds is 7. The normalized spacial score (nSPS) is 14.0. The number of aromatic nitrogens is 1. The summed E-state index contributed by atoms with van der Waals surface area (Å²) in [6.07, 6.45) is 6.11. The molecule has 4 heteroatoms. The molecule has 1 aliphatic carbocycles. The second-order valence-corrected chi connectivity index (χ2v) is 6.75. The summed E-state index contributed by atoms with van der Waals surface area (Å²) in [4.78, 5) is 4.79. The van der Waals surface area contributed by atoms with Crippen molar-refractivity contribution in [3.8, 4) is 11.3 Å². The molecule has 1 aliphatic rings. The molecule has 0 unspecified atom stereocenters. The predicted molar refractivity (Wildman–Crippen MR) is 92.6 cm³/mol. The summed E-state index contributed by atoms with van der Waals surface area (Å²) >= 11 is 1.76. The van der Waals surface area contributed by atoms with Gasteiger partial charge in [0.1, 0.15) is 0 Å². The lowest BCUT2D eigenvalue weighted by molar-refractivity contribution is 0.199. The van der Waals surface area contributed by atoms with E-state index < -0.39 is 0 Å². The van der Waals surface area contributed by atoms with Crippen LogP contribution in [0.15, 0.2) is 23.6 Å². The molecule has 0 saturated heterocycles.